The van der Waals surface area contributed by atoms with Crippen LogP contribution in [0.1, 0.15) is 0 Å². The molecule has 0 heterocycles. The monoisotopic (exact) mass is 843 g/mol. The van der Waals surface area contributed by atoms with Gasteiger partial charge in [0, 0.05) is 21.8 Å². The molecule has 6 nitrogen and oxygen atoms in total. The van der Waals surface area contributed by atoms with Gasteiger partial charge in [-0.3, -0.25) is 0 Å². The second-order valence-electron chi connectivity index (χ2n) is 7.27. The number of benzene rings is 4. The van der Waals surface area contributed by atoms with Crippen molar-refractivity contribution in [2.75, 3.05) is 0 Å². The quantitative estimate of drug-likeness (QED) is 0.0952. The van der Waals surface area contributed by atoms with Crippen molar-refractivity contribution in [3.05, 3.63) is 95.6 Å². The van der Waals surface area contributed by atoms with Gasteiger partial charge in [-0.2, -0.15) is 8.42 Å². The molecule has 0 saturated heterocycles. The minimum absolute atomic E-state index is 0.00237. The number of hydrogen-bond donors (Lipinski definition) is 0. The lowest BCUT2D eigenvalue weighted by molar-refractivity contribution is 0.463. The first-order chi connectivity index (χ1) is 16.5. The van der Waals surface area contributed by atoms with Crippen LogP contribution in [-0.2, 0) is 20.2 Å². The molecule has 4 rings (SSSR count). The summed E-state index contributed by atoms with van der Waals surface area (Å²) in [5.74, 6) is -0.111. The summed E-state index contributed by atoms with van der Waals surface area (Å²) in [6.07, 6.45) is 0. The normalized spacial score (nSPS) is 11.9. The summed E-state index contributed by atoms with van der Waals surface area (Å²) in [7, 11) is -9.23. The van der Waals surface area contributed by atoms with Gasteiger partial charge in [-0.25, -0.2) is 8.42 Å². The van der Waals surface area contributed by atoms with Gasteiger partial charge in [0.25, 0.3) is 0 Å². The predicted octanol–water partition coefficient (Wildman–Crippen LogP) is 6.51. The van der Waals surface area contributed by atoms with Crippen molar-refractivity contribution in [3.8, 4) is 28.0 Å². The van der Waals surface area contributed by atoms with Crippen LogP contribution >= 0.6 is 67.8 Å². The molecule has 4 aromatic rings. The molecule has 0 aliphatic heterocycles. The maximum absolute atomic E-state index is 13.3. The molecule has 0 bridgehead atoms. The van der Waals surface area contributed by atoms with Gasteiger partial charge < -0.3 is 8.74 Å². The zero-order chi connectivity index (χ0) is 25.4. The second kappa shape index (κ2) is 10.6. The molecule has 4 aromatic carbocycles. The summed E-state index contributed by atoms with van der Waals surface area (Å²) < 4.78 is 71.4. The summed E-state index contributed by atoms with van der Waals surface area (Å²) in [5, 5.41) is 0. The van der Waals surface area contributed by atoms with Crippen LogP contribution in [0.3, 0.4) is 0 Å². The van der Waals surface area contributed by atoms with E-state index in [1.807, 2.05) is 51.2 Å². The van der Waals surface area contributed by atoms with Crippen molar-refractivity contribution >= 4 is 88.0 Å². The van der Waals surface area contributed by atoms with Crippen molar-refractivity contribution in [1.29, 1.82) is 0 Å². The van der Waals surface area contributed by atoms with Crippen LogP contribution in [0.25, 0.3) is 22.3 Å². The zero-order valence-corrected chi connectivity index (χ0v) is 25.6. The molecule has 0 amide bonds. The van der Waals surface area contributed by atoms with E-state index in [-0.39, 0.29) is 21.8 Å². The summed E-state index contributed by atoms with van der Waals surface area (Å²) in [4.78, 5) is -0.449. The van der Waals surface area contributed by atoms with Crippen LogP contribution < -0.4 is 4.18 Å². The van der Waals surface area contributed by atoms with Crippen molar-refractivity contribution in [3.63, 3.8) is 0 Å². The van der Waals surface area contributed by atoms with E-state index in [1.54, 1.807) is 60.7 Å². The Kier molecular flexibility index (Phi) is 8.12. The van der Waals surface area contributed by atoms with E-state index in [2.05, 4.69) is 22.6 Å². The van der Waals surface area contributed by atoms with E-state index >= 15 is 0 Å². The Morgan fingerprint density at radius 1 is 0.686 bits per heavy atom. The maximum Gasteiger partial charge on any atom is 0.340 e. The number of rotatable bonds is 6. The standard InChI is InChI=1S/C24H15I3O6S2/c25-17-11-21(26)23(27)22(12-17)35(31,32)33-18-13-19(15-7-3-1-4-8-15)24(34(28,29)30)20(14-18)16-9-5-2-6-10-16/h1-14H,(H,28,29,30)/p-1. The Hall–Kier alpha value is -1.27. The molecule has 0 saturated carbocycles. The van der Waals surface area contributed by atoms with Crippen LogP contribution in [0.5, 0.6) is 5.75 Å². The SMILES string of the molecule is O=S(=O)([O-])c1c(-c2ccccc2)cc(OS(=O)(=O)c2cc(I)cc(I)c2I)cc1-c1ccccc1. The molecule has 0 aromatic heterocycles. The highest BCUT2D eigenvalue weighted by Gasteiger charge is 2.25. The lowest BCUT2D eigenvalue weighted by atomic mass is 9.98. The summed E-state index contributed by atoms with van der Waals surface area (Å²) >= 11 is 6.03. The average Bonchev–Trinajstić information content (AvgIpc) is 2.81. The van der Waals surface area contributed by atoms with E-state index in [9.17, 15) is 21.4 Å². The first-order valence-electron chi connectivity index (χ1n) is 9.81. The lowest BCUT2D eigenvalue weighted by Gasteiger charge is -2.20. The fourth-order valence-corrected chi connectivity index (χ4v) is 8.76. The number of hydrogen-bond acceptors (Lipinski definition) is 6. The van der Waals surface area contributed by atoms with Crippen molar-refractivity contribution < 1.29 is 25.6 Å². The molecule has 0 aliphatic carbocycles. The van der Waals surface area contributed by atoms with Gasteiger partial charge in [0.1, 0.15) is 20.8 Å². The van der Waals surface area contributed by atoms with Gasteiger partial charge in [-0.05, 0) is 103 Å². The van der Waals surface area contributed by atoms with E-state index in [1.165, 1.54) is 18.2 Å². The predicted molar refractivity (Wildman–Crippen MR) is 158 cm³/mol. The van der Waals surface area contributed by atoms with E-state index in [0.717, 1.165) is 7.14 Å². The van der Waals surface area contributed by atoms with Crippen LogP contribution in [0, 0.1) is 10.7 Å². The average molecular weight is 843 g/mol. The van der Waals surface area contributed by atoms with Gasteiger partial charge in [-0.15, -0.1) is 0 Å². The first kappa shape index (κ1) is 26.8. The van der Waals surface area contributed by atoms with Crippen LogP contribution in [0.2, 0.25) is 0 Å². The Balaban J connectivity index is 1.99. The third-order valence-electron chi connectivity index (χ3n) is 4.92. The first-order valence-corrected chi connectivity index (χ1v) is 15.9. The van der Waals surface area contributed by atoms with E-state index < -0.39 is 25.1 Å². The van der Waals surface area contributed by atoms with Gasteiger partial charge in [0.05, 0.1) is 4.90 Å². The zero-order valence-electron chi connectivity index (χ0n) is 17.5. The Morgan fingerprint density at radius 3 is 1.63 bits per heavy atom. The molecular weight excluding hydrogens is 829 g/mol. The molecule has 180 valence electrons. The minimum atomic E-state index is -4.95. The van der Waals surface area contributed by atoms with Crippen molar-refractivity contribution in [2.45, 2.75) is 9.79 Å². The molecule has 11 heteroatoms. The fraction of sp³-hybridized carbons (Fsp3) is 0. The van der Waals surface area contributed by atoms with Crippen molar-refractivity contribution in [2.24, 2.45) is 0 Å². The van der Waals surface area contributed by atoms with E-state index in [4.69, 9.17) is 4.18 Å². The molecule has 0 spiro atoms. The van der Waals surface area contributed by atoms with Gasteiger partial charge in [0.2, 0.25) is 0 Å². The van der Waals surface area contributed by atoms with Crippen LogP contribution in [-0.4, -0.2) is 21.4 Å². The summed E-state index contributed by atoms with van der Waals surface area (Å²) in [5.41, 5.74) is 0.971. The smallest absolute Gasteiger partial charge is 0.340 e. The van der Waals surface area contributed by atoms with Gasteiger partial charge in [-0.1, -0.05) is 60.7 Å². The Morgan fingerprint density at radius 2 is 1.17 bits per heavy atom. The van der Waals surface area contributed by atoms with Crippen LogP contribution in [0.4, 0.5) is 0 Å². The van der Waals surface area contributed by atoms with Gasteiger partial charge in [0.15, 0.2) is 0 Å². The lowest BCUT2D eigenvalue weighted by Crippen LogP contribution is -2.13. The molecule has 0 atom stereocenters. The maximum atomic E-state index is 13.3. The molecule has 0 aliphatic rings. The third-order valence-corrected chi connectivity index (χ3v) is 11.2. The largest absolute Gasteiger partial charge is 0.744 e. The molecule has 0 unspecified atom stereocenters. The molecule has 0 radical (unpaired) electrons. The highest BCUT2D eigenvalue weighted by Crippen LogP contribution is 2.40. The van der Waals surface area contributed by atoms with Crippen LogP contribution in [0.15, 0.2) is 94.7 Å². The van der Waals surface area contributed by atoms with E-state index in [0.29, 0.717) is 14.7 Å². The third kappa shape index (κ3) is 6.01. The molecule has 35 heavy (non-hydrogen) atoms. The topological polar surface area (TPSA) is 101 Å². The fourth-order valence-electron chi connectivity index (χ4n) is 3.47. The second-order valence-corrected chi connectivity index (χ2v) is 13.6. The Bertz CT molecular complexity index is 1560. The number of halogens is 3. The van der Waals surface area contributed by atoms with Crippen molar-refractivity contribution in [1.82, 2.24) is 0 Å². The summed E-state index contributed by atoms with van der Waals surface area (Å²) in [6.45, 7) is 0. The molecule has 0 N–H and O–H groups in total. The summed E-state index contributed by atoms with van der Waals surface area (Å²) in [6, 6.07) is 22.7. The Labute approximate surface area is 244 Å². The highest BCUT2D eigenvalue weighted by molar-refractivity contribution is 14.1. The highest BCUT2D eigenvalue weighted by atomic mass is 127. The molecular formula is C24H14I3O6S2-. The molecule has 0 fully saturated rings. The van der Waals surface area contributed by atoms with Gasteiger partial charge >= 0.3 is 10.1 Å². The minimum Gasteiger partial charge on any atom is -0.744 e.